The minimum absolute atomic E-state index is 0.0363. The molecule has 1 aromatic rings. The first-order valence-corrected chi connectivity index (χ1v) is 5.46. The number of phenols is 2. The molecule has 0 aliphatic heterocycles. The second-order valence-corrected chi connectivity index (χ2v) is 4.35. The van der Waals surface area contributed by atoms with Crippen molar-refractivity contribution in [3.63, 3.8) is 0 Å². The normalized spacial score (nSPS) is 12.8. The molecule has 0 bridgehead atoms. The van der Waals surface area contributed by atoms with Crippen molar-refractivity contribution in [2.24, 2.45) is 0 Å². The van der Waals surface area contributed by atoms with Gasteiger partial charge in [-0.15, -0.1) is 0 Å². The van der Waals surface area contributed by atoms with E-state index in [2.05, 4.69) is 13.2 Å². The Bertz CT molecular complexity index is 286. The van der Waals surface area contributed by atoms with Gasteiger partial charge in [0.2, 0.25) is 0 Å². The second-order valence-electron chi connectivity index (χ2n) is 3.07. The van der Waals surface area contributed by atoms with Crippen LogP contribution in [-0.4, -0.2) is 21.7 Å². The van der Waals surface area contributed by atoms with Gasteiger partial charge in [0.25, 0.3) is 0 Å². The summed E-state index contributed by atoms with van der Waals surface area (Å²) < 4.78 is 0. The Morgan fingerprint density at radius 3 is 2.54 bits per heavy atom. The lowest BCUT2D eigenvalue weighted by Crippen LogP contribution is -1.99. The zero-order chi connectivity index (χ0) is 9.84. The summed E-state index contributed by atoms with van der Waals surface area (Å²) in [5.74, 6) is -0.0913. The average Bonchev–Trinajstić information content (AvgIpc) is 2.11. The molecule has 0 aromatic heterocycles. The van der Waals surface area contributed by atoms with Gasteiger partial charge in [-0.05, 0) is 30.4 Å². The smallest absolute Gasteiger partial charge is 0.157 e. The lowest BCUT2D eigenvalue weighted by atomic mass is 10.1. The van der Waals surface area contributed by atoms with Crippen LogP contribution in [0.3, 0.4) is 0 Å². The van der Waals surface area contributed by atoms with Crippen molar-refractivity contribution in [3.8, 4) is 11.5 Å². The fourth-order valence-electron chi connectivity index (χ4n) is 1.11. The van der Waals surface area contributed by atoms with Gasteiger partial charge in [0.05, 0.1) is 0 Å². The highest BCUT2D eigenvalue weighted by molar-refractivity contribution is 7.99. The van der Waals surface area contributed by atoms with Crippen molar-refractivity contribution in [2.45, 2.75) is 18.6 Å². The van der Waals surface area contributed by atoms with E-state index in [-0.39, 0.29) is 11.5 Å². The molecule has 0 radical (unpaired) electrons. The van der Waals surface area contributed by atoms with Crippen LogP contribution in [0.4, 0.5) is 0 Å². The van der Waals surface area contributed by atoms with E-state index in [1.165, 1.54) is 6.07 Å². The van der Waals surface area contributed by atoms with E-state index in [0.29, 0.717) is 5.25 Å². The van der Waals surface area contributed by atoms with Crippen LogP contribution >= 0.6 is 11.8 Å². The number of benzene rings is 1. The number of rotatable bonds is 3. The molecule has 0 fully saturated rings. The van der Waals surface area contributed by atoms with E-state index in [1.54, 1.807) is 17.8 Å². The molecule has 0 aliphatic carbocycles. The van der Waals surface area contributed by atoms with Gasteiger partial charge in [-0.2, -0.15) is 11.8 Å². The van der Waals surface area contributed by atoms with Crippen LogP contribution in [0.1, 0.15) is 12.5 Å². The van der Waals surface area contributed by atoms with Crippen LogP contribution in [0.15, 0.2) is 18.2 Å². The summed E-state index contributed by atoms with van der Waals surface area (Å²) in [7, 11) is 0. The third kappa shape index (κ3) is 2.84. The number of aromatic hydroxyl groups is 2. The Morgan fingerprint density at radius 2 is 2.00 bits per heavy atom. The molecule has 1 atom stereocenters. The van der Waals surface area contributed by atoms with Gasteiger partial charge in [-0.1, -0.05) is 13.0 Å². The minimum atomic E-state index is -0.0550. The molecule has 13 heavy (non-hydrogen) atoms. The molecule has 0 aliphatic rings. The van der Waals surface area contributed by atoms with Crippen LogP contribution in [-0.2, 0) is 6.42 Å². The summed E-state index contributed by atoms with van der Waals surface area (Å²) in [5, 5.41) is 18.8. The quantitative estimate of drug-likeness (QED) is 0.733. The Kier molecular flexibility index (Phi) is 3.48. The molecule has 1 unspecified atom stereocenters. The lowest BCUT2D eigenvalue weighted by molar-refractivity contribution is 0.403. The van der Waals surface area contributed by atoms with Crippen molar-refractivity contribution >= 4 is 11.8 Å². The van der Waals surface area contributed by atoms with E-state index >= 15 is 0 Å². The maximum Gasteiger partial charge on any atom is 0.157 e. The van der Waals surface area contributed by atoms with Crippen molar-refractivity contribution in [2.75, 3.05) is 6.26 Å². The zero-order valence-corrected chi connectivity index (χ0v) is 8.64. The molecule has 2 N–H and O–H groups in total. The minimum Gasteiger partial charge on any atom is -0.504 e. The zero-order valence-electron chi connectivity index (χ0n) is 7.82. The van der Waals surface area contributed by atoms with E-state index in [9.17, 15) is 5.11 Å². The van der Waals surface area contributed by atoms with Gasteiger partial charge in [0.1, 0.15) is 0 Å². The molecule has 72 valence electrons. The largest absolute Gasteiger partial charge is 0.504 e. The summed E-state index contributed by atoms with van der Waals surface area (Å²) in [6.07, 6.45) is 2.97. The van der Waals surface area contributed by atoms with Gasteiger partial charge < -0.3 is 10.2 Å². The standard InChI is InChI=1S/C10H14O2S/c1-7(13-2)5-8-3-4-9(11)10(12)6-8/h3-4,6-7,11-12H,5H2,1-2H3. The lowest BCUT2D eigenvalue weighted by Gasteiger charge is -2.08. The van der Waals surface area contributed by atoms with E-state index in [4.69, 9.17) is 5.11 Å². The molecule has 2 nitrogen and oxygen atoms in total. The number of phenolic OH excluding ortho intramolecular Hbond substituents is 2. The predicted octanol–water partition coefficient (Wildman–Crippen LogP) is 2.39. The van der Waals surface area contributed by atoms with Gasteiger partial charge in [0, 0.05) is 5.25 Å². The Balaban J connectivity index is 2.73. The second kappa shape index (κ2) is 4.42. The molecule has 0 amide bonds. The molecular formula is C10H14O2S. The molecule has 3 heteroatoms. The average molecular weight is 198 g/mol. The fraction of sp³-hybridized carbons (Fsp3) is 0.400. The Hall–Kier alpha value is -0.830. The first-order valence-electron chi connectivity index (χ1n) is 4.17. The van der Waals surface area contributed by atoms with E-state index < -0.39 is 0 Å². The highest BCUT2D eigenvalue weighted by Crippen LogP contribution is 2.26. The fourth-order valence-corrected chi connectivity index (χ4v) is 1.47. The molecule has 0 spiro atoms. The third-order valence-corrected chi connectivity index (χ3v) is 2.94. The van der Waals surface area contributed by atoms with Crippen LogP contribution < -0.4 is 0 Å². The van der Waals surface area contributed by atoms with Gasteiger partial charge in [-0.25, -0.2) is 0 Å². The molecule has 0 saturated carbocycles. The summed E-state index contributed by atoms with van der Waals surface area (Å²) in [6, 6.07) is 4.97. The van der Waals surface area contributed by atoms with Gasteiger partial charge in [0.15, 0.2) is 11.5 Å². The monoisotopic (exact) mass is 198 g/mol. The molecule has 0 heterocycles. The first kappa shape index (κ1) is 10.3. The summed E-state index contributed by atoms with van der Waals surface area (Å²) in [4.78, 5) is 0. The van der Waals surface area contributed by atoms with Crippen LogP contribution in [0, 0.1) is 0 Å². The highest BCUT2D eigenvalue weighted by Gasteiger charge is 2.04. The summed E-state index contributed by atoms with van der Waals surface area (Å²) in [5.41, 5.74) is 1.05. The van der Waals surface area contributed by atoms with E-state index in [0.717, 1.165) is 12.0 Å². The predicted molar refractivity (Wildman–Crippen MR) is 56.5 cm³/mol. The number of thioether (sulfide) groups is 1. The van der Waals surface area contributed by atoms with Crippen molar-refractivity contribution in [1.82, 2.24) is 0 Å². The first-order chi connectivity index (χ1) is 6.13. The molecule has 1 rings (SSSR count). The number of hydrogen-bond acceptors (Lipinski definition) is 3. The molecule has 1 aromatic carbocycles. The summed E-state index contributed by atoms with van der Waals surface area (Å²) >= 11 is 1.79. The topological polar surface area (TPSA) is 40.5 Å². The maximum atomic E-state index is 9.23. The SMILES string of the molecule is CSC(C)Cc1ccc(O)c(O)c1. The van der Waals surface area contributed by atoms with Crippen molar-refractivity contribution in [3.05, 3.63) is 23.8 Å². The van der Waals surface area contributed by atoms with Crippen LogP contribution in [0.25, 0.3) is 0 Å². The van der Waals surface area contributed by atoms with Gasteiger partial charge >= 0.3 is 0 Å². The van der Waals surface area contributed by atoms with E-state index in [1.807, 2.05) is 6.07 Å². The van der Waals surface area contributed by atoms with Crippen LogP contribution in [0.5, 0.6) is 11.5 Å². The van der Waals surface area contributed by atoms with Crippen LogP contribution in [0.2, 0.25) is 0 Å². The van der Waals surface area contributed by atoms with Gasteiger partial charge in [-0.3, -0.25) is 0 Å². The maximum absolute atomic E-state index is 9.23. The Morgan fingerprint density at radius 1 is 1.31 bits per heavy atom. The molecular weight excluding hydrogens is 184 g/mol. The molecule has 0 saturated heterocycles. The van der Waals surface area contributed by atoms with Crippen molar-refractivity contribution < 1.29 is 10.2 Å². The van der Waals surface area contributed by atoms with Crippen molar-refractivity contribution in [1.29, 1.82) is 0 Å². The number of hydrogen-bond donors (Lipinski definition) is 2. The summed E-state index contributed by atoms with van der Waals surface area (Å²) in [6.45, 7) is 2.13. The Labute approximate surface area is 82.6 Å². The highest BCUT2D eigenvalue weighted by atomic mass is 32.2. The third-order valence-electron chi connectivity index (χ3n) is 1.97.